The third kappa shape index (κ3) is 3.12. The molecule has 0 aliphatic carbocycles. The van der Waals surface area contributed by atoms with Crippen molar-refractivity contribution in [2.45, 2.75) is 11.8 Å². The van der Waals surface area contributed by atoms with Gasteiger partial charge in [-0.1, -0.05) is 0 Å². The molecule has 2 aliphatic heterocycles. The Kier molecular flexibility index (Phi) is 4.15. The summed E-state index contributed by atoms with van der Waals surface area (Å²) in [5, 5.41) is 3.08. The van der Waals surface area contributed by atoms with Crippen LogP contribution in [-0.4, -0.2) is 62.6 Å². The predicted molar refractivity (Wildman–Crippen MR) is 68.5 cm³/mol. The molecule has 0 bridgehead atoms. The highest BCUT2D eigenvalue weighted by molar-refractivity contribution is 8.00. The lowest BCUT2D eigenvalue weighted by Crippen LogP contribution is -2.48. The number of hydrogen-bond donors (Lipinski definition) is 1. The molecule has 2 unspecified atom stereocenters. The normalized spacial score (nSPS) is 33.1. The second kappa shape index (κ2) is 5.25. The molecule has 0 radical (unpaired) electrons. The maximum atomic E-state index is 11.7. The average Bonchev–Trinajstić information content (AvgIpc) is 2.70. The summed E-state index contributed by atoms with van der Waals surface area (Å²) in [5.74, 6) is 2.43. The highest BCUT2D eigenvalue weighted by atomic mass is 32.2. The van der Waals surface area contributed by atoms with Crippen LogP contribution in [0.5, 0.6) is 0 Å². The van der Waals surface area contributed by atoms with E-state index in [9.17, 15) is 8.42 Å². The van der Waals surface area contributed by atoms with E-state index in [0.29, 0.717) is 5.92 Å². The minimum absolute atomic E-state index is 0.258. The van der Waals surface area contributed by atoms with Crippen LogP contribution in [0.2, 0.25) is 0 Å². The van der Waals surface area contributed by atoms with Crippen molar-refractivity contribution < 1.29 is 8.42 Å². The molecule has 2 saturated heterocycles. The van der Waals surface area contributed by atoms with E-state index in [1.54, 1.807) is 11.8 Å². The first-order chi connectivity index (χ1) is 7.57. The predicted octanol–water partition coefficient (Wildman–Crippen LogP) is 0.0154. The summed E-state index contributed by atoms with van der Waals surface area (Å²) >= 11 is 1.76. The molecule has 2 rings (SSSR count). The van der Waals surface area contributed by atoms with Crippen LogP contribution in [-0.2, 0) is 9.84 Å². The monoisotopic (exact) mass is 264 g/mol. The first kappa shape index (κ1) is 12.7. The summed E-state index contributed by atoms with van der Waals surface area (Å²) in [7, 11) is -2.93. The zero-order valence-corrected chi connectivity index (χ0v) is 11.3. The summed E-state index contributed by atoms with van der Waals surface area (Å²) in [6.07, 6.45) is 2.55. The van der Waals surface area contributed by atoms with Crippen LogP contribution >= 0.6 is 11.8 Å². The summed E-state index contributed by atoms with van der Waals surface area (Å²) < 4.78 is 23.4. The van der Waals surface area contributed by atoms with Gasteiger partial charge in [-0.3, -0.25) is 4.90 Å². The molecular formula is C10H20N2O2S2. The molecule has 6 heteroatoms. The van der Waals surface area contributed by atoms with Gasteiger partial charge < -0.3 is 5.32 Å². The van der Waals surface area contributed by atoms with Gasteiger partial charge in [0.05, 0.1) is 0 Å². The zero-order chi connectivity index (χ0) is 11.6. The molecule has 2 fully saturated rings. The molecule has 0 saturated carbocycles. The smallest absolute Gasteiger partial charge is 0.164 e. The SMILES string of the molecule is CS(=O)(=O)C1CSCCN1CC1CCNC1. The molecule has 0 aromatic rings. The van der Waals surface area contributed by atoms with Crippen LogP contribution in [0.25, 0.3) is 0 Å². The van der Waals surface area contributed by atoms with Crippen LogP contribution in [0, 0.1) is 5.92 Å². The van der Waals surface area contributed by atoms with Gasteiger partial charge in [0.1, 0.15) is 5.37 Å². The fourth-order valence-corrected chi connectivity index (χ4v) is 5.37. The molecule has 2 atom stereocenters. The van der Waals surface area contributed by atoms with Gasteiger partial charge >= 0.3 is 0 Å². The van der Waals surface area contributed by atoms with E-state index in [2.05, 4.69) is 10.2 Å². The topological polar surface area (TPSA) is 49.4 Å². The van der Waals surface area contributed by atoms with Crippen molar-refractivity contribution in [1.82, 2.24) is 10.2 Å². The van der Waals surface area contributed by atoms with E-state index in [1.165, 1.54) is 12.7 Å². The van der Waals surface area contributed by atoms with E-state index in [0.717, 1.165) is 37.7 Å². The molecule has 1 N–H and O–H groups in total. The van der Waals surface area contributed by atoms with Gasteiger partial charge in [-0.15, -0.1) is 0 Å². The van der Waals surface area contributed by atoms with E-state index in [1.807, 2.05) is 0 Å². The van der Waals surface area contributed by atoms with Crippen LogP contribution in [0.4, 0.5) is 0 Å². The highest BCUT2D eigenvalue weighted by Gasteiger charge is 2.32. The van der Waals surface area contributed by atoms with Gasteiger partial charge in [-0.05, 0) is 25.4 Å². The Balaban J connectivity index is 1.98. The minimum Gasteiger partial charge on any atom is -0.316 e. The third-order valence-electron chi connectivity index (χ3n) is 3.34. The zero-order valence-electron chi connectivity index (χ0n) is 9.68. The number of thioether (sulfide) groups is 1. The number of hydrogen-bond acceptors (Lipinski definition) is 5. The first-order valence-corrected chi connectivity index (χ1v) is 8.89. The average molecular weight is 264 g/mol. The van der Waals surface area contributed by atoms with Crippen molar-refractivity contribution in [1.29, 1.82) is 0 Å². The van der Waals surface area contributed by atoms with Gasteiger partial charge in [0.25, 0.3) is 0 Å². The van der Waals surface area contributed by atoms with Crippen LogP contribution < -0.4 is 5.32 Å². The molecule has 16 heavy (non-hydrogen) atoms. The summed E-state index contributed by atoms with van der Waals surface area (Å²) in [6, 6.07) is 0. The molecule has 2 aliphatic rings. The van der Waals surface area contributed by atoms with Crippen LogP contribution in [0.3, 0.4) is 0 Å². The lowest BCUT2D eigenvalue weighted by atomic mass is 10.1. The summed E-state index contributed by atoms with van der Waals surface area (Å²) in [4.78, 5) is 2.17. The molecule has 2 heterocycles. The van der Waals surface area contributed by atoms with E-state index < -0.39 is 9.84 Å². The Morgan fingerprint density at radius 1 is 1.50 bits per heavy atom. The van der Waals surface area contributed by atoms with Crippen molar-refractivity contribution in [3.63, 3.8) is 0 Å². The Hall–Kier alpha value is 0.220. The van der Waals surface area contributed by atoms with Crippen LogP contribution in [0.1, 0.15) is 6.42 Å². The Morgan fingerprint density at radius 2 is 2.31 bits per heavy atom. The Morgan fingerprint density at radius 3 is 2.94 bits per heavy atom. The fourth-order valence-electron chi connectivity index (χ4n) is 2.42. The van der Waals surface area contributed by atoms with Crippen molar-refractivity contribution in [2.75, 3.05) is 43.9 Å². The molecular weight excluding hydrogens is 244 g/mol. The highest BCUT2D eigenvalue weighted by Crippen LogP contribution is 2.22. The lowest BCUT2D eigenvalue weighted by molar-refractivity contribution is 0.234. The maximum absolute atomic E-state index is 11.7. The van der Waals surface area contributed by atoms with Crippen molar-refractivity contribution in [3.8, 4) is 0 Å². The second-order valence-corrected chi connectivity index (χ2v) is 8.07. The maximum Gasteiger partial charge on any atom is 0.164 e. The van der Waals surface area contributed by atoms with Crippen LogP contribution in [0.15, 0.2) is 0 Å². The van der Waals surface area contributed by atoms with Gasteiger partial charge in [0.2, 0.25) is 0 Å². The van der Waals surface area contributed by atoms with E-state index >= 15 is 0 Å². The van der Waals surface area contributed by atoms with Gasteiger partial charge in [0.15, 0.2) is 9.84 Å². The van der Waals surface area contributed by atoms with E-state index in [4.69, 9.17) is 0 Å². The second-order valence-electron chi connectivity index (χ2n) is 4.71. The Bertz CT molecular complexity index is 326. The molecule has 94 valence electrons. The number of rotatable bonds is 3. The largest absolute Gasteiger partial charge is 0.316 e. The standard InChI is InChI=1S/C10H20N2O2S2/c1-16(13,14)10-8-15-5-4-12(10)7-9-2-3-11-6-9/h9-11H,2-8H2,1H3. The van der Waals surface area contributed by atoms with E-state index in [-0.39, 0.29) is 5.37 Å². The number of sulfone groups is 1. The molecule has 0 spiro atoms. The molecule has 0 aromatic heterocycles. The fraction of sp³-hybridized carbons (Fsp3) is 1.00. The quantitative estimate of drug-likeness (QED) is 0.778. The summed E-state index contributed by atoms with van der Waals surface area (Å²) in [5.41, 5.74) is 0. The van der Waals surface area contributed by atoms with Crippen molar-refractivity contribution in [3.05, 3.63) is 0 Å². The van der Waals surface area contributed by atoms with Gasteiger partial charge in [0, 0.05) is 30.9 Å². The lowest BCUT2D eigenvalue weighted by Gasteiger charge is -2.35. The van der Waals surface area contributed by atoms with Crippen molar-refractivity contribution in [2.24, 2.45) is 5.92 Å². The first-order valence-electron chi connectivity index (χ1n) is 5.79. The molecule has 4 nitrogen and oxygen atoms in total. The van der Waals surface area contributed by atoms with Gasteiger partial charge in [-0.2, -0.15) is 11.8 Å². The Labute approximate surface area is 102 Å². The number of nitrogens with one attached hydrogen (secondary N) is 1. The van der Waals surface area contributed by atoms with Crippen molar-refractivity contribution >= 4 is 21.6 Å². The third-order valence-corrected chi connectivity index (χ3v) is 6.03. The minimum atomic E-state index is -2.93. The molecule has 0 amide bonds. The number of nitrogens with zero attached hydrogens (tertiary/aromatic N) is 1. The summed E-state index contributed by atoms with van der Waals surface area (Å²) in [6.45, 7) is 3.97. The van der Waals surface area contributed by atoms with Gasteiger partial charge in [-0.25, -0.2) is 8.42 Å². The molecule has 0 aromatic carbocycles.